The summed E-state index contributed by atoms with van der Waals surface area (Å²) >= 11 is 11.3. The Balaban J connectivity index is 0.000000200. The Kier molecular flexibility index (Phi) is 6.24. The van der Waals surface area contributed by atoms with Crippen molar-refractivity contribution in [3.05, 3.63) is 33.6 Å². The lowest BCUT2D eigenvalue weighted by Crippen LogP contribution is -2.33. The Labute approximate surface area is 126 Å². The molecule has 1 heterocycles. The highest BCUT2D eigenvalue weighted by atomic mass is 35.5. The summed E-state index contributed by atoms with van der Waals surface area (Å²) in [5.41, 5.74) is 8.16. The van der Waals surface area contributed by atoms with Gasteiger partial charge in [0, 0.05) is 42.1 Å². The number of likely N-dealkylation sites (N-methyl/N-ethyl adjacent to an activating group) is 1. The van der Waals surface area contributed by atoms with E-state index in [0.717, 1.165) is 22.9 Å². The normalized spacial score (nSPS) is 23.0. The Morgan fingerprint density at radius 1 is 1.32 bits per heavy atom. The van der Waals surface area contributed by atoms with Crippen LogP contribution in [0.4, 0.5) is 0 Å². The van der Waals surface area contributed by atoms with E-state index in [2.05, 4.69) is 37.7 Å². The zero-order valence-corrected chi connectivity index (χ0v) is 13.6. The molecule has 0 spiro atoms. The highest BCUT2D eigenvalue weighted by molar-refractivity contribution is 6.34. The van der Waals surface area contributed by atoms with Crippen LogP contribution in [0.25, 0.3) is 0 Å². The molecule has 0 aromatic heterocycles. The Morgan fingerprint density at radius 3 is 2.21 bits per heavy atom. The lowest BCUT2D eigenvalue weighted by atomic mass is 10.2. The number of halogens is 2. The second-order valence-electron chi connectivity index (χ2n) is 4.81. The topological polar surface area (TPSA) is 32.5 Å². The van der Waals surface area contributed by atoms with Crippen LogP contribution in [0.3, 0.4) is 0 Å². The average molecular weight is 304 g/mol. The third-order valence-corrected chi connectivity index (χ3v) is 4.27. The molecule has 1 unspecified atom stereocenters. The summed E-state index contributed by atoms with van der Waals surface area (Å²) < 4.78 is 0. The number of hydrogen-bond donors (Lipinski definition) is 1. The van der Waals surface area contributed by atoms with Crippen LogP contribution in [0.1, 0.15) is 26.7 Å². The smallest absolute Gasteiger partial charge is 0.0977 e. The van der Waals surface area contributed by atoms with Gasteiger partial charge in [-0.05, 0) is 32.8 Å². The number of nitrogens with zero attached hydrogens (tertiary/aromatic N) is 2. The van der Waals surface area contributed by atoms with E-state index in [-0.39, 0.29) is 0 Å². The molecular formula is C14H23Cl2N3. The fourth-order valence-electron chi connectivity index (χ4n) is 2.14. The maximum Gasteiger partial charge on any atom is 0.0977 e. The van der Waals surface area contributed by atoms with Gasteiger partial charge in [-0.25, -0.2) is 0 Å². The van der Waals surface area contributed by atoms with Crippen LogP contribution in [0.5, 0.6) is 0 Å². The Bertz CT molecular complexity index is 413. The Hall–Kier alpha value is -0.640. The van der Waals surface area contributed by atoms with Gasteiger partial charge in [0.25, 0.3) is 0 Å². The SMILES string of the molecule is CC1=C(CN)N(C)C(C)N1C.ClC1=CCCC(Cl)=C1. The average Bonchev–Trinajstić information content (AvgIpc) is 2.54. The second-order valence-corrected chi connectivity index (χ2v) is 5.73. The van der Waals surface area contributed by atoms with E-state index in [1.165, 1.54) is 11.4 Å². The van der Waals surface area contributed by atoms with Crippen LogP contribution in [-0.4, -0.2) is 36.6 Å². The van der Waals surface area contributed by atoms with Crippen molar-refractivity contribution in [1.29, 1.82) is 0 Å². The van der Waals surface area contributed by atoms with Crippen molar-refractivity contribution >= 4 is 23.2 Å². The van der Waals surface area contributed by atoms with E-state index in [9.17, 15) is 0 Å². The monoisotopic (exact) mass is 303 g/mol. The van der Waals surface area contributed by atoms with Gasteiger partial charge in [-0.15, -0.1) is 0 Å². The van der Waals surface area contributed by atoms with Gasteiger partial charge in [-0.2, -0.15) is 0 Å². The van der Waals surface area contributed by atoms with E-state index < -0.39 is 0 Å². The molecule has 1 aliphatic carbocycles. The molecule has 0 bridgehead atoms. The molecule has 0 fully saturated rings. The van der Waals surface area contributed by atoms with Crippen molar-refractivity contribution in [3.8, 4) is 0 Å². The molecule has 0 amide bonds. The zero-order valence-electron chi connectivity index (χ0n) is 12.1. The number of nitrogens with two attached hydrogens (primary N) is 1. The predicted octanol–water partition coefficient (Wildman–Crippen LogP) is 3.43. The molecule has 2 aliphatic rings. The molecule has 19 heavy (non-hydrogen) atoms. The van der Waals surface area contributed by atoms with E-state index >= 15 is 0 Å². The van der Waals surface area contributed by atoms with Crippen LogP contribution < -0.4 is 5.73 Å². The van der Waals surface area contributed by atoms with Gasteiger partial charge in [0.1, 0.15) is 0 Å². The van der Waals surface area contributed by atoms with Crippen molar-refractivity contribution < 1.29 is 0 Å². The molecule has 1 aliphatic heterocycles. The van der Waals surface area contributed by atoms with Crippen LogP contribution in [-0.2, 0) is 0 Å². The third-order valence-electron chi connectivity index (χ3n) is 3.70. The minimum atomic E-state index is 0.452. The van der Waals surface area contributed by atoms with Crippen LogP contribution >= 0.6 is 23.2 Å². The van der Waals surface area contributed by atoms with Gasteiger partial charge >= 0.3 is 0 Å². The van der Waals surface area contributed by atoms with Gasteiger partial charge in [0.15, 0.2) is 0 Å². The molecule has 2 N–H and O–H groups in total. The highest BCUT2D eigenvalue weighted by Gasteiger charge is 2.26. The third kappa shape index (κ3) is 4.16. The molecule has 2 rings (SSSR count). The minimum Gasteiger partial charge on any atom is -0.357 e. The van der Waals surface area contributed by atoms with Crippen LogP contribution in [0, 0.1) is 0 Å². The van der Waals surface area contributed by atoms with E-state index in [1.54, 1.807) is 6.08 Å². The number of hydrogen-bond acceptors (Lipinski definition) is 3. The second kappa shape index (κ2) is 7.22. The molecule has 0 saturated carbocycles. The largest absolute Gasteiger partial charge is 0.357 e. The van der Waals surface area contributed by atoms with Crippen LogP contribution in [0.2, 0.25) is 0 Å². The summed E-state index contributed by atoms with van der Waals surface area (Å²) in [5, 5.41) is 1.62. The van der Waals surface area contributed by atoms with Gasteiger partial charge in [0.2, 0.25) is 0 Å². The molecular weight excluding hydrogens is 281 g/mol. The maximum atomic E-state index is 5.65. The fraction of sp³-hybridized carbons (Fsp3) is 0.571. The summed E-state index contributed by atoms with van der Waals surface area (Å²) in [6.45, 7) is 4.92. The van der Waals surface area contributed by atoms with Crippen molar-refractivity contribution in [1.82, 2.24) is 9.80 Å². The first-order valence-corrected chi connectivity index (χ1v) is 7.21. The van der Waals surface area contributed by atoms with E-state index in [1.807, 2.05) is 6.08 Å². The summed E-state index contributed by atoms with van der Waals surface area (Å²) in [5.74, 6) is 0. The molecule has 0 aromatic rings. The van der Waals surface area contributed by atoms with Crippen molar-refractivity contribution in [2.24, 2.45) is 5.73 Å². The van der Waals surface area contributed by atoms with Crippen LogP contribution in [0.15, 0.2) is 33.6 Å². The van der Waals surface area contributed by atoms with Crippen molar-refractivity contribution in [3.63, 3.8) is 0 Å². The summed E-state index contributed by atoms with van der Waals surface area (Å²) in [7, 11) is 4.18. The minimum absolute atomic E-state index is 0.452. The number of allylic oxidation sites excluding steroid dienone is 5. The maximum absolute atomic E-state index is 5.65. The first kappa shape index (κ1) is 16.4. The van der Waals surface area contributed by atoms with Crippen molar-refractivity contribution in [2.75, 3.05) is 20.6 Å². The quantitative estimate of drug-likeness (QED) is 0.805. The molecule has 0 saturated heterocycles. The first-order chi connectivity index (χ1) is 8.88. The molecule has 0 aromatic carbocycles. The highest BCUT2D eigenvalue weighted by Crippen LogP contribution is 2.24. The molecule has 1 atom stereocenters. The van der Waals surface area contributed by atoms with Crippen molar-refractivity contribution in [2.45, 2.75) is 32.9 Å². The lowest BCUT2D eigenvalue weighted by Gasteiger charge is -2.25. The lowest BCUT2D eigenvalue weighted by molar-refractivity contribution is 0.208. The van der Waals surface area contributed by atoms with Gasteiger partial charge in [-0.3, -0.25) is 0 Å². The Morgan fingerprint density at radius 2 is 1.95 bits per heavy atom. The molecule has 5 heteroatoms. The molecule has 0 radical (unpaired) electrons. The first-order valence-electron chi connectivity index (χ1n) is 6.45. The number of rotatable bonds is 1. The summed E-state index contributed by atoms with van der Waals surface area (Å²) in [6, 6.07) is 0. The van der Waals surface area contributed by atoms with E-state index in [0.29, 0.717) is 12.7 Å². The molecule has 108 valence electrons. The fourth-order valence-corrected chi connectivity index (χ4v) is 2.67. The van der Waals surface area contributed by atoms with Gasteiger partial charge in [0.05, 0.1) is 6.17 Å². The standard InChI is InChI=1S/C8H17N3.C6H6Cl2/c1-6-8(5-9)11(4)7(2)10(6)3;7-5-2-1-3-6(8)4-5/h7H,5,9H2,1-4H3;2,4H,1,3H2. The predicted molar refractivity (Wildman–Crippen MR) is 83.8 cm³/mol. The van der Waals surface area contributed by atoms with E-state index in [4.69, 9.17) is 28.9 Å². The summed E-state index contributed by atoms with van der Waals surface area (Å²) in [4.78, 5) is 4.46. The molecule has 3 nitrogen and oxygen atoms in total. The zero-order chi connectivity index (χ0) is 14.6. The van der Waals surface area contributed by atoms with Gasteiger partial charge in [-0.1, -0.05) is 29.3 Å². The van der Waals surface area contributed by atoms with Gasteiger partial charge < -0.3 is 15.5 Å². The summed E-state index contributed by atoms with van der Waals surface area (Å²) in [6.07, 6.45) is 6.12.